The Hall–Kier alpha value is -2.08. The van der Waals surface area contributed by atoms with Gasteiger partial charge in [0, 0.05) is 0 Å². The van der Waals surface area contributed by atoms with Gasteiger partial charge in [0.25, 0.3) is 0 Å². The Bertz CT molecular complexity index is 653. The van der Waals surface area contributed by atoms with E-state index in [-0.39, 0.29) is 19.3 Å². The highest BCUT2D eigenvalue weighted by Gasteiger charge is 2.14. The molecule has 0 aliphatic rings. The lowest BCUT2D eigenvalue weighted by Crippen LogP contribution is -2.23. The van der Waals surface area contributed by atoms with Crippen LogP contribution in [0, 0.1) is 0 Å². The van der Waals surface area contributed by atoms with Gasteiger partial charge in [0.2, 0.25) is 0 Å². The van der Waals surface area contributed by atoms with Crippen LogP contribution in [0.15, 0.2) is 27.4 Å². The number of fused-ring (bicyclic) bond motifs is 1. The average molecular weight is 265 g/mol. The molecule has 0 unspecified atom stereocenters. The molecule has 0 aliphatic heterocycles. The van der Waals surface area contributed by atoms with Crippen LogP contribution in [-0.4, -0.2) is 21.7 Å². The number of aliphatic hydroxyl groups is 1. The Morgan fingerprint density at radius 2 is 2.21 bits per heavy atom. The number of carbonyl (C=O) groups excluding carboxylic acids is 1. The number of benzene rings is 1. The number of aliphatic hydroxyl groups excluding tert-OH is 1. The fourth-order valence-electron chi connectivity index (χ4n) is 1.79. The minimum Gasteiger partial charge on any atom is -0.462 e. The lowest BCUT2D eigenvalue weighted by molar-refractivity contribution is -0.148. The minimum absolute atomic E-state index is 0.147. The maximum absolute atomic E-state index is 11.7. The van der Waals surface area contributed by atoms with Crippen molar-refractivity contribution in [2.45, 2.75) is 33.1 Å². The van der Waals surface area contributed by atoms with Crippen molar-refractivity contribution in [1.29, 1.82) is 0 Å². The van der Waals surface area contributed by atoms with Crippen LogP contribution in [-0.2, 0) is 22.7 Å². The largest absolute Gasteiger partial charge is 0.462 e. The predicted molar refractivity (Wildman–Crippen MR) is 67.6 cm³/mol. The first kappa shape index (κ1) is 13.4. The van der Waals surface area contributed by atoms with Gasteiger partial charge >= 0.3 is 11.7 Å². The van der Waals surface area contributed by atoms with Crippen LogP contribution in [0.4, 0.5) is 0 Å². The monoisotopic (exact) mass is 265 g/mol. The first-order chi connectivity index (χ1) is 9.01. The Labute approximate surface area is 109 Å². The zero-order valence-corrected chi connectivity index (χ0v) is 10.8. The van der Waals surface area contributed by atoms with Crippen LogP contribution in [0.3, 0.4) is 0 Å². The molecule has 1 aromatic heterocycles. The van der Waals surface area contributed by atoms with Crippen LogP contribution >= 0.6 is 0 Å². The highest BCUT2D eigenvalue weighted by molar-refractivity contribution is 5.77. The molecule has 0 aliphatic carbocycles. The SMILES string of the molecule is CC(C)OC(=O)Cn1c(=O)oc2ccc(CO)cc21. The molecule has 0 spiro atoms. The molecule has 0 amide bonds. The van der Waals surface area contributed by atoms with Gasteiger partial charge in [-0.05, 0) is 31.5 Å². The van der Waals surface area contributed by atoms with Crippen LogP contribution < -0.4 is 5.76 Å². The summed E-state index contributed by atoms with van der Waals surface area (Å²) in [6.07, 6.45) is -0.241. The molecule has 6 nitrogen and oxygen atoms in total. The fraction of sp³-hybridized carbons (Fsp3) is 0.385. The fourth-order valence-corrected chi connectivity index (χ4v) is 1.79. The number of hydrogen-bond donors (Lipinski definition) is 1. The summed E-state index contributed by atoms with van der Waals surface area (Å²) in [6, 6.07) is 4.86. The van der Waals surface area contributed by atoms with E-state index in [0.717, 1.165) is 0 Å². The molecule has 2 aromatic rings. The Kier molecular flexibility index (Phi) is 3.71. The van der Waals surface area contributed by atoms with Crippen LogP contribution in [0.1, 0.15) is 19.4 Å². The summed E-state index contributed by atoms with van der Waals surface area (Å²) in [5, 5.41) is 9.09. The third-order valence-corrected chi connectivity index (χ3v) is 2.57. The number of aromatic nitrogens is 1. The third-order valence-electron chi connectivity index (χ3n) is 2.57. The van der Waals surface area contributed by atoms with Gasteiger partial charge < -0.3 is 14.3 Å². The van der Waals surface area contributed by atoms with Crippen molar-refractivity contribution in [2.24, 2.45) is 0 Å². The number of oxazole rings is 1. The van der Waals surface area contributed by atoms with Gasteiger partial charge in [0.1, 0.15) is 6.54 Å². The average Bonchev–Trinajstić information content (AvgIpc) is 2.64. The Balaban J connectivity index is 2.39. The highest BCUT2D eigenvalue weighted by atomic mass is 16.5. The molecule has 0 fully saturated rings. The summed E-state index contributed by atoms with van der Waals surface area (Å²) < 4.78 is 11.2. The number of ether oxygens (including phenoxy) is 1. The summed E-state index contributed by atoms with van der Waals surface area (Å²) in [6.45, 7) is 3.11. The number of hydrogen-bond acceptors (Lipinski definition) is 5. The first-order valence-electron chi connectivity index (χ1n) is 5.94. The third kappa shape index (κ3) is 2.85. The highest BCUT2D eigenvalue weighted by Crippen LogP contribution is 2.15. The molecule has 1 heterocycles. The van der Waals surface area contributed by atoms with Crippen molar-refractivity contribution in [1.82, 2.24) is 4.57 Å². The molecule has 0 saturated carbocycles. The van der Waals surface area contributed by atoms with Gasteiger partial charge in [-0.15, -0.1) is 0 Å². The van der Waals surface area contributed by atoms with Gasteiger partial charge in [0.05, 0.1) is 18.2 Å². The summed E-state index contributed by atoms with van der Waals surface area (Å²) >= 11 is 0. The standard InChI is InChI=1S/C13H15NO5/c1-8(2)18-12(16)6-14-10-5-9(7-15)3-4-11(10)19-13(14)17/h3-5,8,15H,6-7H2,1-2H3. The van der Waals surface area contributed by atoms with Crippen molar-refractivity contribution >= 4 is 17.1 Å². The van der Waals surface area contributed by atoms with Gasteiger partial charge in [-0.1, -0.05) is 6.07 Å². The molecule has 1 N–H and O–H groups in total. The maximum atomic E-state index is 11.7. The summed E-state index contributed by atoms with van der Waals surface area (Å²) in [5.41, 5.74) is 1.48. The molecule has 0 atom stereocenters. The van der Waals surface area contributed by atoms with E-state index in [4.69, 9.17) is 14.3 Å². The quantitative estimate of drug-likeness (QED) is 0.835. The van der Waals surface area contributed by atoms with Crippen LogP contribution in [0.25, 0.3) is 11.1 Å². The van der Waals surface area contributed by atoms with Crippen LogP contribution in [0.2, 0.25) is 0 Å². The van der Waals surface area contributed by atoms with Crippen molar-refractivity contribution in [2.75, 3.05) is 0 Å². The van der Waals surface area contributed by atoms with E-state index < -0.39 is 11.7 Å². The lowest BCUT2D eigenvalue weighted by Gasteiger charge is -2.08. The van der Waals surface area contributed by atoms with Crippen molar-refractivity contribution in [3.8, 4) is 0 Å². The molecule has 2 rings (SSSR count). The maximum Gasteiger partial charge on any atom is 0.420 e. The van der Waals surface area contributed by atoms with E-state index >= 15 is 0 Å². The normalized spacial score (nSPS) is 11.2. The Morgan fingerprint density at radius 1 is 1.47 bits per heavy atom. The van der Waals surface area contributed by atoms with E-state index in [2.05, 4.69) is 0 Å². The van der Waals surface area contributed by atoms with Gasteiger partial charge in [0.15, 0.2) is 5.58 Å². The van der Waals surface area contributed by atoms with Crippen molar-refractivity contribution in [3.05, 3.63) is 34.3 Å². The minimum atomic E-state index is -0.620. The van der Waals surface area contributed by atoms with E-state index in [1.807, 2.05) is 0 Å². The predicted octanol–water partition coefficient (Wildman–Crippen LogP) is 1.04. The zero-order valence-electron chi connectivity index (χ0n) is 10.8. The van der Waals surface area contributed by atoms with E-state index in [1.54, 1.807) is 32.0 Å². The second-order valence-corrected chi connectivity index (χ2v) is 4.45. The molecule has 1 aromatic carbocycles. The second-order valence-electron chi connectivity index (χ2n) is 4.45. The Morgan fingerprint density at radius 3 is 2.84 bits per heavy atom. The lowest BCUT2D eigenvalue weighted by atomic mass is 10.2. The molecule has 6 heteroatoms. The molecule has 0 bridgehead atoms. The van der Waals surface area contributed by atoms with Crippen LogP contribution in [0.5, 0.6) is 0 Å². The molecular formula is C13H15NO5. The first-order valence-corrected chi connectivity index (χ1v) is 5.94. The van der Waals surface area contributed by atoms with Gasteiger partial charge in [-0.25, -0.2) is 4.79 Å². The summed E-state index contributed by atoms with van der Waals surface area (Å²) in [5.74, 6) is -1.13. The molecule has 102 valence electrons. The van der Waals surface area contributed by atoms with Crippen molar-refractivity contribution < 1.29 is 19.1 Å². The smallest absolute Gasteiger partial charge is 0.420 e. The number of rotatable bonds is 4. The van der Waals surface area contributed by atoms with Gasteiger partial charge in [-0.2, -0.15) is 0 Å². The number of esters is 1. The van der Waals surface area contributed by atoms with E-state index in [9.17, 15) is 9.59 Å². The van der Waals surface area contributed by atoms with E-state index in [1.165, 1.54) is 4.57 Å². The summed E-state index contributed by atoms with van der Waals surface area (Å²) in [7, 11) is 0. The topological polar surface area (TPSA) is 81.7 Å². The van der Waals surface area contributed by atoms with Crippen molar-refractivity contribution in [3.63, 3.8) is 0 Å². The molecule has 0 radical (unpaired) electrons. The van der Waals surface area contributed by atoms with Gasteiger partial charge in [-0.3, -0.25) is 9.36 Å². The molecular weight excluding hydrogens is 250 g/mol. The summed E-state index contributed by atoms with van der Waals surface area (Å²) in [4.78, 5) is 23.3. The van der Waals surface area contributed by atoms with E-state index in [0.29, 0.717) is 16.7 Å². The second kappa shape index (κ2) is 5.27. The molecule has 19 heavy (non-hydrogen) atoms. The number of nitrogens with zero attached hydrogens (tertiary/aromatic N) is 1. The number of carbonyl (C=O) groups is 1. The zero-order chi connectivity index (χ0) is 14.0. The molecule has 0 saturated heterocycles.